The fourth-order valence-corrected chi connectivity index (χ4v) is 2.96. The van der Waals surface area contributed by atoms with Crippen molar-refractivity contribution < 1.29 is 19.1 Å². The van der Waals surface area contributed by atoms with Crippen molar-refractivity contribution in [2.75, 3.05) is 12.0 Å². The summed E-state index contributed by atoms with van der Waals surface area (Å²) in [4.78, 5) is 42.1. The Balaban J connectivity index is 1.90. The molecule has 26 heavy (non-hydrogen) atoms. The van der Waals surface area contributed by atoms with E-state index in [-0.39, 0.29) is 0 Å². The molecule has 1 N–H and O–H groups in total. The first-order valence-electron chi connectivity index (χ1n) is 7.62. The lowest BCUT2D eigenvalue weighted by atomic mass is 10.1. The minimum atomic E-state index is -1.20. The van der Waals surface area contributed by atoms with E-state index >= 15 is 0 Å². The van der Waals surface area contributed by atoms with E-state index in [0.29, 0.717) is 17.1 Å². The molecule has 0 bridgehead atoms. The fraction of sp³-hybridized carbons (Fsp3) is 0.111. The van der Waals surface area contributed by atoms with Crippen LogP contribution < -0.4 is 15.0 Å². The van der Waals surface area contributed by atoms with Gasteiger partial charge < -0.3 is 4.74 Å². The largest absolute Gasteiger partial charge is 0.497 e. The quantitative estimate of drug-likeness (QED) is 0.429. The highest BCUT2D eigenvalue weighted by molar-refractivity contribution is 14.1. The Morgan fingerprint density at radius 3 is 2.65 bits per heavy atom. The summed E-state index contributed by atoms with van der Waals surface area (Å²) >= 11 is 2.14. The summed E-state index contributed by atoms with van der Waals surface area (Å²) in [6.45, 7) is 0. The molecule has 7 nitrogen and oxygen atoms in total. The highest BCUT2D eigenvalue weighted by atomic mass is 127. The van der Waals surface area contributed by atoms with Crippen LogP contribution in [0.3, 0.4) is 0 Å². The van der Waals surface area contributed by atoms with Crippen molar-refractivity contribution >= 4 is 58.0 Å². The van der Waals surface area contributed by atoms with Gasteiger partial charge in [0, 0.05) is 15.9 Å². The number of benzene rings is 2. The summed E-state index contributed by atoms with van der Waals surface area (Å²) in [5.74, 6) is -2.07. The molecule has 1 saturated heterocycles. The van der Waals surface area contributed by atoms with Gasteiger partial charge in [-0.25, -0.2) is 9.69 Å². The molecule has 1 aliphatic heterocycles. The molecule has 3 rings (SSSR count). The summed E-state index contributed by atoms with van der Waals surface area (Å²) in [5.41, 5.74) is 0.925. The molecule has 1 atom stereocenters. The molecule has 1 aliphatic rings. The zero-order chi connectivity index (χ0) is 18.7. The van der Waals surface area contributed by atoms with Gasteiger partial charge in [0.15, 0.2) is 5.92 Å². The molecule has 0 aromatic heterocycles. The van der Waals surface area contributed by atoms with Gasteiger partial charge in [0.25, 0.3) is 5.91 Å². The molecule has 8 heteroatoms. The van der Waals surface area contributed by atoms with Crippen LogP contribution in [0.15, 0.2) is 53.5 Å². The number of urea groups is 1. The Kier molecular flexibility index (Phi) is 5.31. The van der Waals surface area contributed by atoms with Crippen molar-refractivity contribution in [2.45, 2.75) is 0 Å². The normalized spacial score (nSPS) is 17.5. The van der Waals surface area contributed by atoms with E-state index in [1.165, 1.54) is 13.3 Å². The van der Waals surface area contributed by atoms with Crippen LogP contribution >= 0.6 is 22.6 Å². The number of carbonyl (C=O) groups is 3. The van der Waals surface area contributed by atoms with Crippen molar-refractivity contribution in [3.63, 3.8) is 0 Å². The van der Waals surface area contributed by atoms with Gasteiger partial charge in [-0.3, -0.25) is 19.9 Å². The Morgan fingerprint density at radius 1 is 1.15 bits per heavy atom. The van der Waals surface area contributed by atoms with Crippen LogP contribution in [-0.4, -0.2) is 31.2 Å². The molecule has 0 spiro atoms. The van der Waals surface area contributed by atoms with Gasteiger partial charge in [-0.2, -0.15) is 0 Å². The number of nitrogens with zero attached hydrogens (tertiary/aromatic N) is 2. The lowest BCUT2D eigenvalue weighted by Gasteiger charge is -2.28. The maximum atomic E-state index is 12.7. The summed E-state index contributed by atoms with van der Waals surface area (Å²) in [6, 6.07) is 13.0. The fourth-order valence-electron chi connectivity index (χ4n) is 2.43. The highest BCUT2D eigenvalue weighted by Crippen LogP contribution is 2.25. The van der Waals surface area contributed by atoms with Gasteiger partial charge in [-0.1, -0.05) is 12.1 Å². The Morgan fingerprint density at radius 2 is 1.92 bits per heavy atom. The first-order valence-corrected chi connectivity index (χ1v) is 8.70. The third-order valence-corrected chi connectivity index (χ3v) is 4.37. The Hall–Kier alpha value is -2.75. The number of methoxy groups -OCH3 is 1. The second kappa shape index (κ2) is 7.65. The van der Waals surface area contributed by atoms with Crippen LogP contribution in [0.2, 0.25) is 0 Å². The SMILES string of the molecule is COc1cccc(N2C(=O)NC(=O)[C@H](C=Nc3cccc(I)c3)C2=O)c1. The van der Waals surface area contributed by atoms with Gasteiger partial charge in [0.2, 0.25) is 5.91 Å². The van der Waals surface area contributed by atoms with E-state index < -0.39 is 23.8 Å². The monoisotopic (exact) mass is 463 g/mol. The number of nitrogens with one attached hydrogen (secondary N) is 1. The molecular formula is C18H14IN3O4. The van der Waals surface area contributed by atoms with Gasteiger partial charge in [-0.15, -0.1) is 0 Å². The number of barbiturate groups is 1. The molecule has 1 heterocycles. The molecule has 2 aromatic carbocycles. The molecule has 1 fully saturated rings. The molecule has 0 radical (unpaired) electrons. The number of anilines is 1. The van der Waals surface area contributed by atoms with Crippen LogP contribution in [0.1, 0.15) is 0 Å². The number of amides is 4. The number of imide groups is 2. The molecule has 132 valence electrons. The van der Waals surface area contributed by atoms with Crippen molar-refractivity contribution in [1.29, 1.82) is 0 Å². The zero-order valence-corrected chi connectivity index (χ0v) is 15.8. The van der Waals surface area contributed by atoms with Crippen molar-refractivity contribution in [2.24, 2.45) is 10.9 Å². The van der Waals surface area contributed by atoms with Gasteiger partial charge in [-0.05, 0) is 52.9 Å². The van der Waals surface area contributed by atoms with Crippen LogP contribution in [0, 0.1) is 9.49 Å². The lowest BCUT2D eigenvalue weighted by Crippen LogP contribution is -2.58. The summed E-state index contributed by atoms with van der Waals surface area (Å²) in [6.07, 6.45) is 1.25. The maximum Gasteiger partial charge on any atom is 0.335 e. The lowest BCUT2D eigenvalue weighted by molar-refractivity contribution is -0.131. The molecular weight excluding hydrogens is 449 g/mol. The summed E-state index contributed by atoms with van der Waals surface area (Å²) < 4.78 is 6.09. The minimum Gasteiger partial charge on any atom is -0.497 e. The Labute approximate surface area is 163 Å². The van der Waals surface area contributed by atoms with Crippen LogP contribution in [-0.2, 0) is 9.59 Å². The first kappa shape index (κ1) is 18.1. The smallest absolute Gasteiger partial charge is 0.335 e. The number of carbonyl (C=O) groups excluding carboxylic acids is 3. The predicted octanol–water partition coefficient (Wildman–Crippen LogP) is 2.90. The van der Waals surface area contributed by atoms with Gasteiger partial charge in [0.05, 0.1) is 18.5 Å². The van der Waals surface area contributed by atoms with E-state index in [1.807, 2.05) is 18.2 Å². The van der Waals surface area contributed by atoms with Crippen molar-refractivity contribution in [1.82, 2.24) is 5.32 Å². The van der Waals surface area contributed by atoms with Crippen LogP contribution in [0.4, 0.5) is 16.2 Å². The maximum absolute atomic E-state index is 12.7. The average molecular weight is 463 g/mol. The van der Waals surface area contributed by atoms with E-state index in [2.05, 4.69) is 32.9 Å². The van der Waals surface area contributed by atoms with Crippen molar-refractivity contribution in [3.05, 3.63) is 52.1 Å². The van der Waals surface area contributed by atoms with E-state index in [4.69, 9.17) is 4.74 Å². The van der Waals surface area contributed by atoms with E-state index in [0.717, 1.165) is 8.47 Å². The zero-order valence-electron chi connectivity index (χ0n) is 13.7. The number of hydrogen-bond acceptors (Lipinski definition) is 5. The molecule has 0 aliphatic carbocycles. The molecule has 2 aromatic rings. The highest BCUT2D eigenvalue weighted by Gasteiger charge is 2.40. The number of rotatable bonds is 4. The molecule has 4 amide bonds. The summed E-state index contributed by atoms with van der Waals surface area (Å²) in [7, 11) is 1.48. The van der Waals surface area contributed by atoms with Crippen LogP contribution in [0.25, 0.3) is 0 Å². The standard InChI is InChI=1S/C18H14IN3O4/c1-26-14-7-3-6-13(9-14)22-17(24)15(16(23)21-18(22)25)10-20-12-5-2-4-11(19)8-12/h2-10,15H,1H3,(H,21,23,25)/t15-/m0/s1. The predicted molar refractivity (Wildman–Crippen MR) is 105 cm³/mol. The second-order valence-electron chi connectivity index (χ2n) is 5.41. The van der Waals surface area contributed by atoms with Gasteiger partial charge in [0.1, 0.15) is 5.75 Å². The number of ether oxygens (including phenoxy) is 1. The topological polar surface area (TPSA) is 88.1 Å². The summed E-state index contributed by atoms with van der Waals surface area (Å²) in [5, 5.41) is 2.19. The molecule has 0 saturated carbocycles. The average Bonchev–Trinajstić information content (AvgIpc) is 2.61. The number of halogens is 1. The number of aliphatic imine (C=N–C) groups is 1. The van der Waals surface area contributed by atoms with Gasteiger partial charge >= 0.3 is 6.03 Å². The van der Waals surface area contributed by atoms with Crippen molar-refractivity contribution in [3.8, 4) is 5.75 Å². The number of hydrogen-bond donors (Lipinski definition) is 1. The Bertz CT molecular complexity index is 913. The second-order valence-corrected chi connectivity index (χ2v) is 6.65. The minimum absolute atomic E-state index is 0.312. The van der Waals surface area contributed by atoms with Crippen LogP contribution in [0.5, 0.6) is 5.75 Å². The van der Waals surface area contributed by atoms with E-state index in [9.17, 15) is 14.4 Å². The third kappa shape index (κ3) is 3.74. The first-order chi connectivity index (χ1) is 12.5. The third-order valence-electron chi connectivity index (χ3n) is 3.69. The van der Waals surface area contributed by atoms with E-state index in [1.54, 1.807) is 30.3 Å². The molecule has 0 unspecified atom stereocenters.